The molecule has 2 aliphatic carbocycles. The highest BCUT2D eigenvalue weighted by Gasteiger charge is 2.68. The number of pyridine rings is 1. The summed E-state index contributed by atoms with van der Waals surface area (Å²) < 4.78 is 215. The number of anilines is 1. The fourth-order valence-corrected chi connectivity index (χ4v) is 10.6. The molecule has 0 saturated heterocycles. The maximum absolute atomic E-state index is 15.6. The van der Waals surface area contributed by atoms with Crippen molar-refractivity contribution in [2.75, 3.05) is 29.7 Å². The summed E-state index contributed by atoms with van der Waals surface area (Å²) >= 11 is 6.64. The molecule has 0 spiro atoms. The Hall–Kier alpha value is -4.90. The molecular weight excluding hydrogens is 1100 g/mol. The fraction of sp³-hybridized carbons (Fsp3) is 0.488. The largest absolute Gasteiger partial charge is 0.435 e. The first-order valence-electron chi connectivity index (χ1n) is 21.9. The number of aliphatic hydroxyl groups excluding tert-OH is 1. The number of benzene rings is 2. The molecule has 17 nitrogen and oxygen atoms in total. The van der Waals surface area contributed by atoms with Crippen molar-refractivity contribution in [1.29, 1.82) is 0 Å². The van der Waals surface area contributed by atoms with E-state index in [1.54, 1.807) is 0 Å². The topological polar surface area (TPSA) is 236 Å². The van der Waals surface area contributed by atoms with E-state index in [1.807, 2.05) is 0 Å². The lowest BCUT2D eigenvalue weighted by atomic mass is 9.93. The second-order valence-electron chi connectivity index (χ2n) is 18.7. The highest BCUT2D eigenvalue weighted by Crippen LogP contribution is 2.68. The van der Waals surface area contributed by atoms with Crippen LogP contribution in [0.3, 0.4) is 0 Å². The smallest absolute Gasteiger partial charge is 0.368 e. The minimum atomic E-state index is -5.22. The first kappa shape index (κ1) is 56.8. The lowest BCUT2D eigenvalue weighted by Gasteiger charge is -2.25. The van der Waals surface area contributed by atoms with Gasteiger partial charge in [-0.2, -0.15) is 45.3 Å². The van der Waals surface area contributed by atoms with Gasteiger partial charge in [0.1, 0.15) is 37.1 Å². The van der Waals surface area contributed by atoms with Gasteiger partial charge in [0.15, 0.2) is 27.6 Å². The Labute approximate surface area is 420 Å². The number of nitrogens with one attached hydrogen (secondary N) is 1. The number of fused-ring (bicyclic) bond motifs is 4. The SMILES string of the molecule is CC(C)(CCc1ccc(-c2ccc(Cl)c3c(N(COC(O)CCP(=O)(O)O)S(C)(=O)=O)nn(CC(F)(F)F)c23)c([C@H](Cc2cc(F)cc(F)c2)NC(=O)Cn2nc(C(F)(F)F)c3c2C(F)(F)C2C[C@H]32)n1)S(C)(=O)=O. The minimum Gasteiger partial charge on any atom is -0.368 e. The molecule has 0 bridgehead atoms. The molecular formula is C43H45ClF10N7O10PS2. The van der Waals surface area contributed by atoms with E-state index in [0.29, 0.717) is 12.3 Å². The summed E-state index contributed by atoms with van der Waals surface area (Å²) in [6.07, 6.45) is -13.8. The van der Waals surface area contributed by atoms with Gasteiger partial charge >= 0.3 is 19.9 Å². The van der Waals surface area contributed by atoms with Gasteiger partial charge in [0.25, 0.3) is 5.92 Å². The molecule has 1 fully saturated rings. The molecule has 74 heavy (non-hydrogen) atoms. The molecule has 0 aliphatic heterocycles. The van der Waals surface area contributed by atoms with E-state index in [2.05, 4.69) is 20.5 Å². The van der Waals surface area contributed by atoms with Crippen molar-refractivity contribution >= 4 is 61.7 Å². The maximum atomic E-state index is 15.6. The van der Waals surface area contributed by atoms with Gasteiger partial charge in [-0.15, -0.1) is 0 Å². The van der Waals surface area contributed by atoms with Crippen molar-refractivity contribution in [1.82, 2.24) is 29.9 Å². The Morgan fingerprint density at radius 3 is 2.20 bits per heavy atom. The number of carbonyl (C=O) groups is 1. The van der Waals surface area contributed by atoms with Crippen molar-refractivity contribution in [3.8, 4) is 11.1 Å². The third kappa shape index (κ3) is 12.3. The van der Waals surface area contributed by atoms with E-state index in [4.69, 9.17) is 16.3 Å². The van der Waals surface area contributed by atoms with Crippen LogP contribution >= 0.6 is 19.2 Å². The second-order valence-corrected chi connectivity index (χ2v) is 25.4. The van der Waals surface area contributed by atoms with Gasteiger partial charge in [-0.1, -0.05) is 23.7 Å². The van der Waals surface area contributed by atoms with Crippen LogP contribution in [0, 0.1) is 17.6 Å². The molecule has 3 heterocycles. The van der Waals surface area contributed by atoms with Crippen molar-refractivity contribution in [3.63, 3.8) is 0 Å². The van der Waals surface area contributed by atoms with E-state index in [0.717, 1.165) is 30.5 Å². The van der Waals surface area contributed by atoms with Crippen LogP contribution < -0.4 is 9.62 Å². The summed E-state index contributed by atoms with van der Waals surface area (Å²) in [5.74, 6) is -11.0. The number of hydrogen-bond acceptors (Lipinski definition) is 11. The third-order valence-corrected chi connectivity index (χ3v) is 17.1. The molecule has 1 saturated carbocycles. The number of aryl methyl sites for hydroxylation is 1. The average molecular weight is 1140 g/mol. The molecule has 2 unspecified atom stereocenters. The molecule has 4 atom stereocenters. The van der Waals surface area contributed by atoms with E-state index in [1.165, 1.54) is 26.0 Å². The molecule has 5 aromatic rings. The van der Waals surface area contributed by atoms with Crippen LogP contribution in [0.5, 0.6) is 0 Å². The lowest BCUT2D eigenvalue weighted by molar-refractivity contribution is -0.143. The number of aromatic nitrogens is 5. The normalized spacial score (nSPS) is 17.8. The monoisotopic (exact) mass is 1140 g/mol. The van der Waals surface area contributed by atoms with Crippen molar-refractivity contribution in [2.45, 2.75) is 100 Å². The van der Waals surface area contributed by atoms with Gasteiger partial charge in [-0.3, -0.25) is 23.7 Å². The number of hydrogen-bond donors (Lipinski definition) is 4. The molecule has 3 aromatic heterocycles. The van der Waals surface area contributed by atoms with Gasteiger partial charge in [0.05, 0.1) is 44.8 Å². The third-order valence-electron chi connectivity index (χ3n) is 12.6. The summed E-state index contributed by atoms with van der Waals surface area (Å²) in [6.45, 7) is -1.69. The molecule has 7 rings (SSSR count). The summed E-state index contributed by atoms with van der Waals surface area (Å²) in [5, 5.41) is 19.2. The van der Waals surface area contributed by atoms with E-state index in [9.17, 15) is 76.2 Å². The molecule has 406 valence electrons. The van der Waals surface area contributed by atoms with E-state index < -0.39 is 170 Å². The maximum Gasteiger partial charge on any atom is 0.435 e. The lowest BCUT2D eigenvalue weighted by Crippen LogP contribution is -2.35. The zero-order valence-corrected chi connectivity index (χ0v) is 42.3. The number of sulfonamides is 1. The van der Waals surface area contributed by atoms with Crippen LogP contribution in [0.25, 0.3) is 22.0 Å². The van der Waals surface area contributed by atoms with Crippen LogP contribution in [0.1, 0.15) is 79.0 Å². The number of sulfone groups is 1. The number of alkyl halides is 8. The van der Waals surface area contributed by atoms with Crippen LogP contribution in [-0.4, -0.2) is 105 Å². The highest BCUT2D eigenvalue weighted by molar-refractivity contribution is 7.92. The summed E-state index contributed by atoms with van der Waals surface area (Å²) in [6, 6.07) is 5.13. The number of ether oxygens (including phenoxy) is 1. The van der Waals surface area contributed by atoms with Crippen LogP contribution in [0.2, 0.25) is 5.02 Å². The number of aliphatic hydroxyl groups is 1. The number of amides is 1. The van der Waals surface area contributed by atoms with Gasteiger partial charge < -0.3 is 24.9 Å². The van der Waals surface area contributed by atoms with E-state index in [-0.39, 0.29) is 61.0 Å². The van der Waals surface area contributed by atoms with Crippen molar-refractivity contribution < 1.29 is 89.7 Å². The predicted octanol–water partition coefficient (Wildman–Crippen LogP) is 7.50. The van der Waals surface area contributed by atoms with Crippen LogP contribution in [-0.2, 0) is 72.0 Å². The molecule has 2 aromatic carbocycles. The highest BCUT2D eigenvalue weighted by atomic mass is 35.5. The van der Waals surface area contributed by atoms with Crippen LogP contribution in [0.4, 0.5) is 49.7 Å². The Balaban J connectivity index is 1.43. The zero-order chi connectivity index (χ0) is 55.1. The van der Waals surface area contributed by atoms with Gasteiger partial charge in [-0.05, 0) is 75.3 Å². The van der Waals surface area contributed by atoms with Crippen molar-refractivity contribution in [3.05, 3.63) is 93.0 Å². The Kier molecular flexibility index (Phi) is 15.3. The van der Waals surface area contributed by atoms with Gasteiger partial charge in [0.2, 0.25) is 15.9 Å². The number of halogens is 11. The van der Waals surface area contributed by atoms with Crippen molar-refractivity contribution in [2.24, 2.45) is 5.92 Å². The van der Waals surface area contributed by atoms with E-state index >= 15 is 8.78 Å². The fourth-order valence-electron chi connectivity index (χ4n) is 8.68. The van der Waals surface area contributed by atoms with Gasteiger partial charge in [-0.25, -0.2) is 29.9 Å². The number of nitrogens with zero attached hydrogens (tertiary/aromatic N) is 6. The van der Waals surface area contributed by atoms with Crippen LogP contribution in [0.15, 0.2) is 42.5 Å². The average Bonchev–Trinajstić information content (AvgIpc) is 3.75. The Bertz CT molecular complexity index is 3280. The molecule has 31 heteroatoms. The Morgan fingerprint density at radius 2 is 1.62 bits per heavy atom. The quantitative estimate of drug-likeness (QED) is 0.0336. The minimum absolute atomic E-state index is 0.0381. The summed E-state index contributed by atoms with van der Waals surface area (Å²) in [4.78, 5) is 37.3. The molecule has 1 amide bonds. The molecule has 4 N–H and O–H groups in total. The first-order valence-corrected chi connectivity index (χ1v) is 27.9. The predicted molar refractivity (Wildman–Crippen MR) is 245 cm³/mol. The second kappa shape index (κ2) is 19.9. The zero-order valence-electron chi connectivity index (χ0n) is 39.0. The first-order chi connectivity index (χ1) is 33.9. The summed E-state index contributed by atoms with van der Waals surface area (Å²) in [5.41, 5.74) is -5.31. The van der Waals surface area contributed by atoms with Gasteiger partial charge in [0, 0.05) is 47.0 Å². The number of carbonyl (C=O) groups excluding carboxylic acids is 1. The molecule has 2 aliphatic rings. The number of rotatable bonds is 20. The Morgan fingerprint density at radius 1 is 0.986 bits per heavy atom. The standard InChI is InChI=1S/C43H45ClF10N7O10PS2/c1-40(2,73(3,67)68)11-9-24-5-6-25(26-7-8-29(44)34-36(26)60(19-41(47,48)49)58-39(34)61(74(4,69)70)20-71-32(63)10-12-72(64,65)66)35(55-24)30(15-21-13-22(45)16-23(46)14-21)56-31(62)18-59-38-33(37(57-59)43(52,53)54)27-17-28(27)42(38,50)51/h5-8,13-14,16,27-28,30,32,63H,9-12,15,17-20H2,1-4H3,(H,56,62)(H2,64,65,66)/t27-,28?,30-,32?/m0/s1. The summed E-state index contributed by atoms with van der Waals surface area (Å²) in [7, 11) is -13.1. The molecule has 0 radical (unpaired) electrons.